The summed E-state index contributed by atoms with van der Waals surface area (Å²) in [5.74, 6) is 1.84. The summed E-state index contributed by atoms with van der Waals surface area (Å²) in [7, 11) is 1.76. The number of ether oxygens (including phenoxy) is 1. The van der Waals surface area contributed by atoms with E-state index < -0.39 is 0 Å². The van der Waals surface area contributed by atoms with E-state index in [2.05, 4.69) is 30.4 Å². The van der Waals surface area contributed by atoms with Gasteiger partial charge in [0.05, 0.1) is 7.11 Å². The quantitative estimate of drug-likeness (QED) is 0.863. The van der Waals surface area contributed by atoms with Gasteiger partial charge >= 0.3 is 0 Å². The zero-order chi connectivity index (χ0) is 12.1. The van der Waals surface area contributed by atoms with Crippen molar-refractivity contribution in [1.82, 2.24) is 5.32 Å². The molecule has 0 amide bonds. The first kappa shape index (κ1) is 12.4. The van der Waals surface area contributed by atoms with Crippen LogP contribution in [0.5, 0.6) is 5.75 Å². The van der Waals surface area contributed by atoms with Gasteiger partial charge in [-0.3, -0.25) is 0 Å². The molecule has 1 aliphatic rings. The second-order valence-corrected chi connectivity index (χ2v) is 4.87. The van der Waals surface area contributed by atoms with Crippen LogP contribution < -0.4 is 10.1 Å². The number of methoxy groups -OCH3 is 1. The topological polar surface area (TPSA) is 21.3 Å². The Morgan fingerprint density at radius 1 is 1.41 bits per heavy atom. The SMILES string of the molecule is CCc1c(CC2CCCNC2)cccc1OC. The predicted molar refractivity (Wildman–Crippen MR) is 71.7 cm³/mol. The smallest absolute Gasteiger partial charge is 0.122 e. The van der Waals surface area contributed by atoms with E-state index in [1.54, 1.807) is 7.11 Å². The monoisotopic (exact) mass is 233 g/mol. The van der Waals surface area contributed by atoms with E-state index in [0.29, 0.717) is 0 Å². The summed E-state index contributed by atoms with van der Waals surface area (Å²) < 4.78 is 5.45. The first-order chi connectivity index (χ1) is 8.35. The molecule has 0 bridgehead atoms. The molecule has 0 radical (unpaired) electrons. The lowest BCUT2D eigenvalue weighted by atomic mass is 9.89. The maximum Gasteiger partial charge on any atom is 0.122 e. The van der Waals surface area contributed by atoms with Gasteiger partial charge in [0.2, 0.25) is 0 Å². The number of piperidine rings is 1. The van der Waals surface area contributed by atoms with Crippen LogP contribution in [0.3, 0.4) is 0 Å². The maximum atomic E-state index is 5.45. The summed E-state index contributed by atoms with van der Waals surface area (Å²) in [6.45, 7) is 4.57. The van der Waals surface area contributed by atoms with E-state index >= 15 is 0 Å². The fraction of sp³-hybridized carbons (Fsp3) is 0.600. The lowest BCUT2D eigenvalue weighted by molar-refractivity contribution is 0.373. The van der Waals surface area contributed by atoms with Crippen LogP contribution in [0.15, 0.2) is 18.2 Å². The highest BCUT2D eigenvalue weighted by molar-refractivity contribution is 5.40. The molecule has 1 fully saturated rings. The van der Waals surface area contributed by atoms with Crippen LogP contribution in [0.2, 0.25) is 0 Å². The van der Waals surface area contributed by atoms with Crippen LogP contribution in [0.4, 0.5) is 0 Å². The highest BCUT2D eigenvalue weighted by Gasteiger charge is 2.16. The summed E-state index contributed by atoms with van der Waals surface area (Å²) in [4.78, 5) is 0. The van der Waals surface area contributed by atoms with Crippen LogP contribution in [-0.2, 0) is 12.8 Å². The second kappa shape index (κ2) is 6.06. The van der Waals surface area contributed by atoms with E-state index in [1.165, 1.54) is 43.5 Å². The van der Waals surface area contributed by atoms with Gasteiger partial charge in [-0.25, -0.2) is 0 Å². The molecule has 17 heavy (non-hydrogen) atoms. The van der Waals surface area contributed by atoms with E-state index in [1.807, 2.05) is 0 Å². The molecule has 1 atom stereocenters. The van der Waals surface area contributed by atoms with Crippen molar-refractivity contribution < 1.29 is 4.74 Å². The van der Waals surface area contributed by atoms with Gasteiger partial charge in [-0.15, -0.1) is 0 Å². The minimum atomic E-state index is 0.793. The summed E-state index contributed by atoms with van der Waals surface area (Å²) in [6.07, 6.45) is 4.91. The number of nitrogens with one attached hydrogen (secondary N) is 1. The molecule has 1 unspecified atom stereocenters. The van der Waals surface area contributed by atoms with Crippen molar-refractivity contribution >= 4 is 0 Å². The molecule has 1 saturated heterocycles. The number of hydrogen-bond acceptors (Lipinski definition) is 2. The van der Waals surface area contributed by atoms with Crippen LogP contribution in [0, 0.1) is 5.92 Å². The van der Waals surface area contributed by atoms with E-state index in [0.717, 1.165) is 18.1 Å². The predicted octanol–water partition coefficient (Wildman–Crippen LogP) is 2.80. The van der Waals surface area contributed by atoms with Gasteiger partial charge in [0.1, 0.15) is 5.75 Å². The molecule has 1 aromatic rings. The zero-order valence-electron chi connectivity index (χ0n) is 11.0. The molecule has 1 heterocycles. The molecule has 0 spiro atoms. The van der Waals surface area contributed by atoms with Crippen molar-refractivity contribution in [2.24, 2.45) is 5.92 Å². The van der Waals surface area contributed by atoms with Gasteiger partial charge in [-0.2, -0.15) is 0 Å². The highest BCUT2D eigenvalue weighted by Crippen LogP contribution is 2.26. The molecule has 1 aromatic carbocycles. The molecule has 2 rings (SSSR count). The third kappa shape index (κ3) is 3.01. The van der Waals surface area contributed by atoms with E-state index in [-0.39, 0.29) is 0 Å². The van der Waals surface area contributed by atoms with Gasteiger partial charge in [-0.1, -0.05) is 19.1 Å². The third-order valence-electron chi connectivity index (χ3n) is 3.71. The Kier molecular flexibility index (Phi) is 4.43. The van der Waals surface area contributed by atoms with Crippen molar-refractivity contribution in [3.8, 4) is 5.75 Å². The summed E-state index contributed by atoms with van der Waals surface area (Å²) in [5.41, 5.74) is 2.86. The van der Waals surface area contributed by atoms with Crippen LogP contribution >= 0.6 is 0 Å². The Morgan fingerprint density at radius 2 is 2.29 bits per heavy atom. The van der Waals surface area contributed by atoms with Crippen molar-refractivity contribution in [2.75, 3.05) is 20.2 Å². The normalized spacial score (nSPS) is 20.2. The molecule has 0 aliphatic carbocycles. The minimum absolute atomic E-state index is 0.793. The van der Waals surface area contributed by atoms with Gasteiger partial charge in [0.15, 0.2) is 0 Å². The van der Waals surface area contributed by atoms with Gasteiger partial charge in [0, 0.05) is 0 Å². The van der Waals surface area contributed by atoms with Crippen molar-refractivity contribution in [3.05, 3.63) is 29.3 Å². The first-order valence-corrected chi connectivity index (χ1v) is 6.70. The minimum Gasteiger partial charge on any atom is -0.496 e. The van der Waals surface area contributed by atoms with Crippen molar-refractivity contribution in [2.45, 2.75) is 32.6 Å². The third-order valence-corrected chi connectivity index (χ3v) is 3.71. The van der Waals surface area contributed by atoms with Crippen LogP contribution in [-0.4, -0.2) is 20.2 Å². The molecule has 0 aromatic heterocycles. The number of hydrogen-bond donors (Lipinski definition) is 1. The Bertz CT molecular complexity index is 356. The molecule has 0 saturated carbocycles. The molecule has 1 aliphatic heterocycles. The zero-order valence-corrected chi connectivity index (χ0v) is 11.0. The Labute approximate surface area is 104 Å². The Balaban J connectivity index is 2.13. The molecular weight excluding hydrogens is 210 g/mol. The summed E-state index contributed by atoms with van der Waals surface area (Å²) in [5, 5.41) is 3.49. The molecule has 1 N–H and O–H groups in total. The lowest BCUT2D eigenvalue weighted by Crippen LogP contribution is -2.31. The second-order valence-electron chi connectivity index (χ2n) is 4.87. The van der Waals surface area contributed by atoms with Crippen molar-refractivity contribution in [3.63, 3.8) is 0 Å². The lowest BCUT2D eigenvalue weighted by Gasteiger charge is -2.24. The van der Waals surface area contributed by atoms with E-state index in [4.69, 9.17) is 4.74 Å². The maximum absolute atomic E-state index is 5.45. The number of rotatable bonds is 4. The standard InChI is InChI=1S/C15H23NO/c1-3-14-13(7-4-8-15(14)17-2)10-12-6-5-9-16-11-12/h4,7-8,12,16H,3,5-6,9-11H2,1-2H3. The van der Waals surface area contributed by atoms with Crippen LogP contribution in [0.25, 0.3) is 0 Å². The fourth-order valence-electron chi connectivity index (χ4n) is 2.80. The average molecular weight is 233 g/mol. The Morgan fingerprint density at radius 3 is 2.94 bits per heavy atom. The molecule has 2 heteroatoms. The number of benzene rings is 1. The largest absolute Gasteiger partial charge is 0.496 e. The van der Waals surface area contributed by atoms with Crippen molar-refractivity contribution in [1.29, 1.82) is 0 Å². The average Bonchev–Trinajstić information content (AvgIpc) is 2.39. The van der Waals surface area contributed by atoms with Crippen LogP contribution in [0.1, 0.15) is 30.9 Å². The fourth-order valence-corrected chi connectivity index (χ4v) is 2.80. The first-order valence-electron chi connectivity index (χ1n) is 6.70. The molecular formula is C15H23NO. The van der Waals surface area contributed by atoms with Gasteiger partial charge < -0.3 is 10.1 Å². The summed E-state index contributed by atoms with van der Waals surface area (Å²) in [6, 6.07) is 6.45. The Hall–Kier alpha value is -1.02. The molecule has 94 valence electrons. The van der Waals surface area contributed by atoms with E-state index in [9.17, 15) is 0 Å². The van der Waals surface area contributed by atoms with Gasteiger partial charge in [0.25, 0.3) is 0 Å². The highest BCUT2D eigenvalue weighted by atomic mass is 16.5. The van der Waals surface area contributed by atoms with Gasteiger partial charge in [-0.05, 0) is 61.9 Å². The summed E-state index contributed by atoms with van der Waals surface area (Å²) >= 11 is 0. The molecule has 2 nitrogen and oxygen atoms in total.